The lowest BCUT2D eigenvalue weighted by Crippen LogP contribution is -1.94. The van der Waals surface area contributed by atoms with Gasteiger partial charge in [0.25, 0.3) is 0 Å². The molecule has 142 valence electrons. The van der Waals surface area contributed by atoms with Crippen LogP contribution in [-0.2, 0) is 12.8 Å². The van der Waals surface area contributed by atoms with E-state index in [0.717, 1.165) is 17.8 Å². The van der Waals surface area contributed by atoms with E-state index < -0.39 is 0 Å². The van der Waals surface area contributed by atoms with Crippen molar-refractivity contribution in [2.24, 2.45) is 0 Å². The molecule has 0 spiro atoms. The normalized spacial score (nSPS) is 11.0. The smallest absolute Gasteiger partial charge is 0.159 e. The lowest BCUT2D eigenvalue weighted by atomic mass is 10.0. The first-order valence-corrected chi connectivity index (χ1v) is 10.7. The first kappa shape index (κ1) is 20.6. The third-order valence-electron chi connectivity index (χ3n) is 5.06. The van der Waals surface area contributed by atoms with Gasteiger partial charge in [-0.2, -0.15) is 0 Å². The highest BCUT2D eigenvalue weighted by Gasteiger charge is 2.03. The number of hydrogen-bond donors (Lipinski definition) is 0. The van der Waals surface area contributed by atoms with Crippen molar-refractivity contribution in [1.82, 2.24) is 9.97 Å². The molecule has 1 aromatic carbocycles. The SMILES string of the molecule is CCCCCCCc1ccc(-c2ncc(CCCCCCC)cn2)cc1. The van der Waals surface area contributed by atoms with Gasteiger partial charge in [0.2, 0.25) is 0 Å². The number of aromatic nitrogens is 2. The average molecular weight is 353 g/mol. The Labute approximate surface area is 160 Å². The van der Waals surface area contributed by atoms with Gasteiger partial charge in [0, 0.05) is 18.0 Å². The van der Waals surface area contributed by atoms with E-state index in [1.54, 1.807) is 0 Å². The van der Waals surface area contributed by atoms with Crippen molar-refractivity contribution >= 4 is 0 Å². The van der Waals surface area contributed by atoms with Crippen LogP contribution in [-0.4, -0.2) is 9.97 Å². The van der Waals surface area contributed by atoms with E-state index in [-0.39, 0.29) is 0 Å². The molecule has 2 rings (SSSR count). The molecule has 0 aliphatic heterocycles. The Morgan fingerprint density at radius 1 is 0.577 bits per heavy atom. The molecule has 0 aliphatic rings. The molecule has 1 aromatic heterocycles. The second kappa shape index (κ2) is 12.6. The molecule has 26 heavy (non-hydrogen) atoms. The molecule has 0 amide bonds. The summed E-state index contributed by atoms with van der Waals surface area (Å²) in [7, 11) is 0. The van der Waals surface area contributed by atoms with Gasteiger partial charge in [-0.3, -0.25) is 0 Å². The van der Waals surface area contributed by atoms with Gasteiger partial charge in [-0.15, -0.1) is 0 Å². The number of benzene rings is 1. The van der Waals surface area contributed by atoms with Gasteiger partial charge in [-0.25, -0.2) is 9.97 Å². The first-order valence-electron chi connectivity index (χ1n) is 10.7. The van der Waals surface area contributed by atoms with E-state index in [1.807, 2.05) is 12.4 Å². The maximum absolute atomic E-state index is 4.58. The van der Waals surface area contributed by atoms with E-state index in [1.165, 1.54) is 81.8 Å². The molecule has 1 heterocycles. The highest BCUT2D eigenvalue weighted by Crippen LogP contribution is 2.17. The van der Waals surface area contributed by atoms with Crippen LogP contribution in [0.5, 0.6) is 0 Å². The molecule has 0 radical (unpaired) electrons. The number of rotatable bonds is 13. The number of hydrogen-bond acceptors (Lipinski definition) is 2. The Hall–Kier alpha value is -1.70. The zero-order valence-electron chi connectivity index (χ0n) is 16.8. The Morgan fingerprint density at radius 3 is 1.62 bits per heavy atom. The fraction of sp³-hybridized carbons (Fsp3) is 0.583. The molecule has 0 unspecified atom stereocenters. The van der Waals surface area contributed by atoms with Crippen LogP contribution in [0.4, 0.5) is 0 Å². The highest BCUT2D eigenvalue weighted by atomic mass is 14.9. The maximum atomic E-state index is 4.58. The molecular weight excluding hydrogens is 316 g/mol. The summed E-state index contributed by atoms with van der Waals surface area (Å²) in [4.78, 5) is 9.16. The third kappa shape index (κ3) is 7.68. The minimum absolute atomic E-state index is 0.842. The fourth-order valence-corrected chi connectivity index (χ4v) is 3.32. The Kier molecular flexibility index (Phi) is 10.0. The molecule has 0 aliphatic carbocycles. The van der Waals surface area contributed by atoms with E-state index in [9.17, 15) is 0 Å². The quantitative estimate of drug-likeness (QED) is 0.357. The van der Waals surface area contributed by atoms with Gasteiger partial charge < -0.3 is 0 Å². The van der Waals surface area contributed by atoms with Crippen molar-refractivity contribution in [3.63, 3.8) is 0 Å². The van der Waals surface area contributed by atoms with Gasteiger partial charge in [-0.1, -0.05) is 89.5 Å². The van der Waals surface area contributed by atoms with Crippen molar-refractivity contribution in [1.29, 1.82) is 0 Å². The second-order valence-corrected chi connectivity index (χ2v) is 7.44. The van der Waals surface area contributed by atoms with E-state index in [0.29, 0.717) is 0 Å². The molecule has 0 N–H and O–H groups in total. The predicted octanol–water partition coefficient (Wildman–Crippen LogP) is 7.17. The van der Waals surface area contributed by atoms with Crippen molar-refractivity contribution in [3.05, 3.63) is 47.8 Å². The summed E-state index contributed by atoms with van der Waals surface area (Å²) in [6, 6.07) is 8.81. The van der Waals surface area contributed by atoms with Crippen LogP contribution >= 0.6 is 0 Å². The van der Waals surface area contributed by atoms with Crippen molar-refractivity contribution in [3.8, 4) is 11.4 Å². The van der Waals surface area contributed by atoms with Crippen LogP contribution in [0, 0.1) is 0 Å². The van der Waals surface area contributed by atoms with Crippen LogP contribution in [0.15, 0.2) is 36.7 Å². The van der Waals surface area contributed by atoms with Gasteiger partial charge in [-0.05, 0) is 36.8 Å². The summed E-state index contributed by atoms with van der Waals surface area (Å²) in [6.45, 7) is 4.52. The van der Waals surface area contributed by atoms with Crippen molar-refractivity contribution in [2.45, 2.75) is 90.9 Å². The monoisotopic (exact) mass is 352 g/mol. The minimum Gasteiger partial charge on any atom is -0.236 e. The van der Waals surface area contributed by atoms with E-state index in [4.69, 9.17) is 0 Å². The van der Waals surface area contributed by atoms with Gasteiger partial charge >= 0.3 is 0 Å². The van der Waals surface area contributed by atoms with Gasteiger partial charge in [0.05, 0.1) is 0 Å². The number of nitrogens with zero attached hydrogens (tertiary/aromatic N) is 2. The standard InChI is InChI=1S/C24H36N2/c1-3-5-7-9-11-13-21-15-17-23(18-16-21)24-25-19-22(20-26-24)14-12-10-8-6-4-2/h15-20H,3-14H2,1-2H3. The zero-order chi connectivity index (χ0) is 18.5. The van der Waals surface area contributed by atoms with Gasteiger partial charge in [0.15, 0.2) is 5.82 Å². The first-order chi connectivity index (χ1) is 12.8. The van der Waals surface area contributed by atoms with E-state index in [2.05, 4.69) is 48.1 Å². The molecule has 2 heteroatoms. The third-order valence-corrected chi connectivity index (χ3v) is 5.06. The van der Waals surface area contributed by atoms with Crippen LogP contribution in [0.25, 0.3) is 11.4 Å². The largest absolute Gasteiger partial charge is 0.236 e. The molecule has 0 fully saturated rings. The zero-order valence-corrected chi connectivity index (χ0v) is 16.8. The number of aryl methyl sites for hydroxylation is 2. The Bertz CT molecular complexity index is 531. The van der Waals surface area contributed by atoms with Crippen LogP contribution < -0.4 is 0 Å². The lowest BCUT2D eigenvalue weighted by molar-refractivity contribution is 0.631. The summed E-state index contributed by atoms with van der Waals surface area (Å²) >= 11 is 0. The molecule has 2 aromatic rings. The topological polar surface area (TPSA) is 25.8 Å². The van der Waals surface area contributed by atoms with Crippen molar-refractivity contribution < 1.29 is 0 Å². The summed E-state index contributed by atoms with van der Waals surface area (Å²) in [5.41, 5.74) is 3.80. The predicted molar refractivity (Wildman–Crippen MR) is 112 cm³/mol. The fourth-order valence-electron chi connectivity index (χ4n) is 3.32. The molecule has 0 saturated heterocycles. The molecule has 0 bridgehead atoms. The summed E-state index contributed by atoms with van der Waals surface area (Å²) in [5.74, 6) is 0.842. The highest BCUT2D eigenvalue weighted by molar-refractivity contribution is 5.55. The lowest BCUT2D eigenvalue weighted by Gasteiger charge is -2.05. The Balaban J connectivity index is 1.77. The average Bonchev–Trinajstić information content (AvgIpc) is 2.69. The Morgan fingerprint density at radius 2 is 1.08 bits per heavy atom. The van der Waals surface area contributed by atoms with Crippen molar-refractivity contribution in [2.75, 3.05) is 0 Å². The second-order valence-electron chi connectivity index (χ2n) is 7.44. The minimum atomic E-state index is 0.842. The maximum Gasteiger partial charge on any atom is 0.159 e. The number of unbranched alkanes of at least 4 members (excludes halogenated alkanes) is 8. The molecule has 0 atom stereocenters. The molecular formula is C24H36N2. The van der Waals surface area contributed by atoms with Gasteiger partial charge in [0.1, 0.15) is 0 Å². The summed E-state index contributed by atoms with van der Waals surface area (Å²) < 4.78 is 0. The van der Waals surface area contributed by atoms with Crippen LogP contribution in [0.2, 0.25) is 0 Å². The molecule has 2 nitrogen and oxygen atoms in total. The van der Waals surface area contributed by atoms with Crippen LogP contribution in [0.1, 0.15) is 89.2 Å². The summed E-state index contributed by atoms with van der Waals surface area (Å²) in [5, 5.41) is 0. The van der Waals surface area contributed by atoms with E-state index >= 15 is 0 Å². The molecule has 0 saturated carbocycles. The van der Waals surface area contributed by atoms with Crippen LogP contribution in [0.3, 0.4) is 0 Å². The summed E-state index contributed by atoms with van der Waals surface area (Å²) in [6.07, 6.45) is 19.5.